The van der Waals surface area contributed by atoms with Crippen molar-refractivity contribution in [3.8, 4) is 28.5 Å². The van der Waals surface area contributed by atoms with Crippen LogP contribution in [0.4, 0.5) is 0 Å². The first-order valence-electron chi connectivity index (χ1n) is 9.77. The van der Waals surface area contributed by atoms with Gasteiger partial charge in [-0.15, -0.1) is 0 Å². The van der Waals surface area contributed by atoms with E-state index in [1.54, 1.807) is 32.4 Å². The summed E-state index contributed by atoms with van der Waals surface area (Å²) in [7, 11) is 3.12. The summed E-state index contributed by atoms with van der Waals surface area (Å²) < 4.78 is 17.3. The van der Waals surface area contributed by atoms with Gasteiger partial charge in [0, 0.05) is 18.2 Å². The second-order valence-corrected chi connectivity index (χ2v) is 6.80. The number of nitrogens with one attached hydrogen (secondary N) is 1. The summed E-state index contributed by atoms with van der Waals surface area (Å²) in [6.45, 7) is 2.36. The van der Waals surface area contributed by atoms with Crippen molar-refractivity contribution in [1.29, 1.82) is 0 Å². The molecule has 0 aliphatic heterocycles. The Morgan fingerprint density at radius 3 is 2.45 bits per heavy atom. The van der Waals surface area contributed by atoms with E-state index in [0.29, 0.717) is 22.9 Å². The average molecular weight is 423 g/mol. The molecule has 3 rings (SSSR count). The van der Waals surface area contributed by atoms with Gasteiger partial charge in [-0.25, -0.2) is 4.68 Å². The van der Waals surface area contributed by atoms with Gasteiger partial charge in [-0.2, -0.15) is 5.10 Å². The predicted molar refractivity (Wildman–Crippen MR) is 117 cm³/mol. The first kappa shape index (κ1) is 21.9. The van der Waals surface area contributed by atoms with E-state index >= 15 is 0 Å². The van der Waals surface area contributed by atoms with Gasteiger partial charge in [0.1, 0.15) is 5.75 Å². The Kier molecular flexibility index (Phi) is 7.26. The molecule has 1 heterocycles. The van der Waals surface area contributed by atoms with Crippen LogP contribution in [0, 0.1) is 6.92 Å². The molecule has 1 N–H and O–H groups in total. The number of hydrogen-bond acceptors (Lipinski definition) is 6. The molecule has 8 heteroatoms. The van der Waals surface area contributed by atoms with Crippen LogP contribution in [0.3, 0.4) is 0 Å². The van der Waals surface area contributed by atoms with Gasteiger partial charge in [-0.05, 0) is 43.3 Å². The molecule has 0 radical (unpaired) electrons. The molecule has 0 saturated heterocycles. The smallest absolute Gasteiger partial charge is 0.266 e. The SMILES string of the molecule is COc1ccc(-c2ccc(=O)n(CCNC(=O)COc3ccc(C)cc3)n2)cc1OC. The normalized spacial score (nSPS) is 10.4. The van der Waals surface area contributed by atoms with Crippen LogP contribution in [-0.2, 0) is 11.3 Å². The first-order chi connectivity index (χ1) is 15.0. The maximum atomic E-state index is 12.2. The second kappa shape index (κ2) is 10.3. The van der Waals surface area contributed by atoms with Gasteiger partial charge in [0.15, 0.2) is 18.1 Å². The van der Waals surface area contributed by atoms with Crippen LogP contribution in [0.1, 0.15) is 5.56 Å². The Morgan fingerprint density at radius 1 is 1.00 bits per heavy atom. The highest BCUT2D eigenvalue weighted by atomic mass is 16.5. The molecule has 0 fully saturated rings. The van der Waals surface area contributed by atoms with Crippen LogP contribution in [0.5, 0.6) is 17.2 Å². The van der Waals surface area contributed by atoms with Crippen molar-refractivity contribution in [3.05, 3.63) is 70.5 Å². The standard InChI is InChI=1S/C23H25N3O5/c1-16-4-7-18(8-5-16)31-15-22(27)24-12-13-26-23(28)11-9-19(25-26)17-6-10-20(29-2)21(14-17)30-3/h4-11,14H,12-13,15H2,1-3H3,(H,24,27). The van der Waals surface area contributed by atoms with Gasteiger partial charge in [0.2, 0.25) is 0 Å². The number of nitrogens with zero attached hydrogens (tertiary/aromatic N) is 2. The zero-order valence-corrected chi connectivity index (χ0v) is 17.8. The lowest BCUT2D eigenvalue weighted by molar-refractivity contribution is -0.123. The molecule has 0 aliphatic carbocycles. The van der Waals surface area contributed by atoms with E-state index in [9.17, 15) is 9.59 Å². The third kappa shape index (κ3) is 5.85. The molecule has 2 aromatic carbocycles. The van der Waals surface area contributed by atoms with Crippen molar-refractivity contribution >= 4 is 5.91 Å². The van der Waals surface area contributed by atoms with E-state index in [4.69, 9.17) is 14.2 Å². The summed E-state index contributed by atoms with van der Waals surface area (Å²) >= 11 is 0. The van der Waals surface area contributed by atoms with Crippen molar-refractivity contribution < 1.29 is 19.0 Å². The summed E-state index contributed by atoms with van der Waals surface area (Å²) in [4.78, 5) is 24.2. The number of aryl methyl sites for hydroxylation is 1. The van der Waals surface area contributed by atoms with Crippen LogP contribution in [0.15, 0.2) is 59.4 Å². The second-order valence-electron chi connectivity index (χ2n) is 6.80. The number of hydrogen-bond donors (Lipinski definition) is 1. The Morgan fingerprint density at radius 2 is 1.74 bits per heavy atom. The topological polar surface area (TPSA) is 91.7 Å². The lowest BCUT2D eigenvalue weighted by Crippen LogP contribution is -2.34. The minimum absolute atomic E-state index is 0.100. The quantitative estimate of drug-likeness (QED) is 0.568. The Hall–Kier alpha value is -3.81. The average Bonchev–Trinajstić information content (AvgIpc) is 2.79. The molecular formula is C23H25N3O5. The molecule has 0 bridgehead atoms. The molecule has 0 unspecified atom stereocenters. The number of amides is 1. The highest BCUT2D eigenvalue weighted by molar-refractivity contribution is 5.77. The van der Waals surface area contributed by atoms with Gasteiger partial charge < -0.3 is 19.5 Å². The monoisotopic (exact) mass is 423 g/mol. The van der Waals surface area contributed by atoms with Gasteiger partial charge in [-0.3, -0.25) is 9.59 Å². The highest BCUT2D eigenvalue weighted by Crippen LogP contribution is 2.31. The molecule has 31 heavy (non-hydrogen) atoms. The molecule has 0 saturated carbocycles. The molecule has 3 aromatic rings. The van der Waals surface area contributed by atoms with Crippen molar-refractivity contribution in [2.45, 2.75) is 13.5 Å². The lowest BCUT2D eigenvalue weighted by atomic mass is 10.1. The number of carbonyl (C=O) groups is 1. The molecule has 0 spiro atoms. The fourth-order valence-corrected chi connectivity index (χ4v) is 2.89. The van der Waals surface area contributed by atoms with Crippen LogP contribution in [0.2, 0.25) is 0 Å². The molecule has 162 valence electrons. The predicted octanol–water partition coefficient (Wildman–Crippen LogP) is 2.43. The summed E-state index contributed by atoms with van der Waals surface area (Å²) in [5.41, 5.74) is 2.25. The van der Waals surface area contributed by atoms with Gasteiger partial charge in [0.05, 0.1) is 26.5 Å². The maximum absolute atomic E-state index is 12.2. The number of benzene rings is 2. The number of carbonyl (C=O) groups excluding carboxylic acids is 1. The molecule has 0 atom stereocenters. The summed E-state index contributed by atoms with van der Waals surface area (Å²) in [6.07, 6.45) is 0. The minimum Gasteiger partial charge on any atom is -0.493 e. The fraction of sp³-hybridized carbons (Fsp3) is 0.261. The lowest BCUT2D eigenvalue weighted by Gasteiger charge is -2.11. The van der Waals surface area contributed by atoms with E-state index in [2.05, 4.69) is 10.4 Å². The zero-order valence-electron chi connectivity index (χ0n) is 17.8. The van der Waals surface area contributed by atoms with Crippen LogP contribution < -0.4 is 25.1 Å². The van der Waals surface area contributed by atoms with Crippen molar-refractivity contribution in [1.82, 2.24) is 15.1 Å². The molecular weight excluding hydrogens is 398 g/mol. The van der Waals surface area contributed by atoms with Crippen LogP contribution in [-0.4, -0.2) is 43.1 Å². The number of aromatic nitrogens is 2. The van der Waals surface area contributed by atoms with Gasteiger partial charge >= 0.3 is 0 Å². The van der Waals surface area contributed by atoms with E-state index in [1.807, 2.05) is 37.3 Å². The molecule has 8 nitrogen and oxygen atoms in total. The van der Waals surface area contributed by atoms with E-state index in [1.165, 1.54) is 10.7 Å². The van der Waals surface area contributed by atoms with Crippen molar-refractivity contribution in [3.63, 3.8) is 0 Å². The summed E-state index contributed by atoms with van der Waals surface area (Å²) in [5, 5.41) is 7.13. The van der Waals surface area contributed by atoms with E-state index in [0.717, 1.165) is 11.1 Å². The van der Waals surface area contributed by atoms with Gasteiger partial charge in [-0.1, -0.05) is 17.7 Å². The fourth-order valence-electron chi connectivity index (χ4n) is 2.89. The summed E-state index contributed by atoms with van der Waals surface area (Å²) in [5.74, 6) is 1.53. The third-order valence-electron chi connectivity index (χ3n) is 4.58. The Labute approximate surface area is 180 Å². The first-order valence-corrected chi connectivity index (χ1v) is 9.77. The molecule has 1 amide bonds. The van der Waals surface area contributed by atoms with Gasteiger partial charge in [0.25, 0.3) is 11.5 Å². The molecule has 1 aromatic heterocycles. The highest BCUT2D eigenvalue weighted by Gasteiger charge is 2.09. The third-order valence-corrected chi connectivity index (χ3v) is 4.58. The largest absolute Gasteiger partial charge is 0.493 e. The van der Waals surface area contributed by atoms with E-state index in [-0.39, 0.29) is 31.2 Å². The maximum Gasteiger partial charge on any atom is 0.266 e. The number of methoxy groups -OCH3 is 2. The minimum atomic E-state index is -0.273. The van der Waals surface area contributed by atoms with Crippen LogP contribution in [0.25, 0.3) is 11.3 Å². The molecule has 0 aliphatic rings. The Bertz CT molecular complexity index is 1090. The number of ether oxygens (including phenoxy) is 3. The Balaban J connectivity index is 1.59. The number of rotatable bonds is 9. The van der Waals surface area contributed by atoms with Crippen molar-refractivity contribution in [2.24, 2.45) is 0 Å². The van der Waals surface area contributed by atoms with E-state index < -0.39 is 0 Å². The summed E-state index contributed by atoms with van der Waals surface area (Å²) in [6, 6.07) is 15.9. The van der Waals surface area contributed by atoms with Crippen LogP contribution >= 0.6 is 0 Å². The van der Waals surface area contributed by atoms with Crippen molar-refractivity contribution in [2.75, 3.05) is 27.4 Å². The zero-order chi connectivity index (χ0) is 22.2.